The number of carbonyl (C=O) groups excluding carboxylic acids is 3. The maximum atomic E-state index is 12.7. The summed E-state index contributed by atoms with van der Waals surface area (Å²) in [5, 5.41) is 0. The maximum absolute atomic E-state index is 12.7. The highest BCUT2D eigenvalue weighted by molar-refractivity contribution is 6.22. The van der Waals surface area contributed by atoms with Crippen LogP contribution < -0.4 is 0 Å². The second kappa shape index (κ2) is 8.99. The van der Waals surface area contributed by atoms with Gasteiger partial charge in [0.25, 0.3) is 0 Å². The molecule has 150 valence electrons. The Balaban J connectivity index is 2.01. The molecule has 0 aromatic carbocycles. The SMILES string of the molecule is CC1=C(CCC(=O)O[C@@H]2C[C@H](C)CC[C@H]2C(C)C)C(=O)C(C(C)C)=CC1=O. The van der Waals surface area contributed by atoms with Gasteiger partial charge in [0.1, 0.15) is 6.10 Å². The molecule has 1 fully saturated rings. The molecule has 27 heavy (non-hydrogen) atoms. The molecule has 3 atom stereocenters. The van der Waals surface area contributed by atoms with Crippen LogP contribution >= 0.6 is 0 Å². The van der Waals surface area contributed by atoms with Gasteiger partial charge in [0, 0.05) is 23.1 Å². The lowest BCUT2D eigenvalue weighted by Gasteiger charge is -2.36. The Labute approximate surface area is 163 Å². The van der Waals surface area contributed by atoms with Crippen molar-refractivity contribution in [3.63, 3.8) is 0 Å². The largest absolute Gasteiger partial charge is 0.462 e. The van der Waals surface area contributed by atoms with Gasteiger partial charge in [0.2, 0.25) is 0 Å². The third-order valence-electron chi connectivity index (χ3n) is 6.09. The lowest BCUT2D eigenvalue weighted by molar-refractivity contribution is -0.155. The average molecular weight is 375 g/mol. The van der Waals surface area contributed by atoms with Gasteiger partial charge in [-0.2, -0.15) is 0 Å². The number of Topliss-reactive ketones (excluding diaryl/α,β-unsaturated/α-hetero) is 1. The zero-order chi connectivity index (χ0) is 20.3. The van der Waals surface area contributed by atoms with Crippen molar-refractivity contribution >= 4 is 17.5 Å². The summed E-state index contributed by atoms with van der Waals surface area (Å²) in [6.45, 7) is 12.0. The van der Waals surface area contributed by atoms with Crippen molar-refractivity contribution in [3.8, 4) is 0 Å². The zero-order valence-electron chi connectivity index (χ0n) is 17.6. The summed E-state index contributed by atoms with van der Waals surface area (Å²) in [6.07, 6.45) is 5.02. The van der Waals surface area contributed by atoms with Crippen LogP contribution in [0.4, 0.5) is 0 Å². The minimum Gasteiger partial charge on any atom is -0.462 e. The Morgan fingerprint density at radius 3 is 2.44 bits per heavy atom. The van der Waals surface area contributed by atoms with Crippen molar-refractivity contribution in [2.45, 2.75) is 79.8 Å². The first kappa shape index (κ1) is 21.6. The molecule has 0 spiro atoms. The predicted molar refractivity (Wildman–Crippen MR) is 106 cm³/mol. The second-order valence-corrected chi connectivity index (χ2v) is 8.91. The Hall–Kier alpha value is -1.71. The van der Waals surface area contributed by atoms with E-state index < -0.39 is 0 Å². The Bertz CT molecular complexity index is 666. The molecule has 0 aromatic rings. The van der Waals surface area contributed by atoms with Crippen molar-refractivity contribution < 1.29 is 19.1 Å². The van der Waals surface area contributed by atoms with Crippen molar-refractivity contribution in [1.29, 1.82) is 0 Å². The van der Waals surface area contributed by atoms with Crippen LogP contribution in [0.1, 0.15) is 73.6 Å². The van der Waals surface area contributed by atoms with E-state index in [0.29, 0.717) is 34.5 Å². The summed E-state index contributed by atoms with van der Waals surface area (Å²) < 4.78 is 5.83. The van der Waals surface area contributed by atoms with Crippen molar-refractivity contribution in [2.24, 2.45) is 23.7 Å². The highest BCUT2D eigenvalue weighted by atomic mass is 16.5. The summed E-state index contributed by atoms with van der Waals surface area (Å²) in [7, 11) is 0. The van der Waals surface area contributed by atoms with Crippen molar-refractivity contribution in [1.82, 2.24) is 0 Å². The van der Waals surface area contributed by atoms with Gasteiger partial charge in [0.15, 0.2) is 11.6 Å². The number of ketones is 2. The van der Waals surface area contributed by atoms with Gasteiger partial charge in [-0.15, -0.1) is 0 Å². The lowest BCUT2D eigenvalue weighted by atomic mass is 9.75. The van der Waals surface area contributed by atoms with Gasteiger partial charge in [-0.3, -0.25) is 14.4 Å². The smallest absolute Gasteiger partial charge is 0.306 e. The van der Waals surface area contributed by atoms with Crippen LogP contribution in [0.25, 0.3) is 0 Å². The number of esters is 1. The van der Waals surface area contributed by atoms with Gasteiger partial charge >= 0.3 is 5.97 Å². The number of ether oxygens (including phenoxy) is 1. The summed E-state index contributed by atoms with van der Waals surface area (Å²) in [5.41, 5.74) is 1.47. The Morgan fingerprint density at radius 2 is 1.85 bits per heavy atom. The molecule has 1 saturated carbocycles. The highest BCUT2D eigenvalue weighted by Crippen LogP contribution is 2.35. The van der Waals surface area contributed by atoms with E-state index in [1.165, 1.54) is 12.5 Å². The number of hydrogen-bond donors (Lipinski definition) is 0. The number of hydrogen-bond acceptors (Lipinski definition) is 4. The van der Waals surface area contributed by atoms with Crippen molar-refractivity contribution in [3.05, 3.63) is 22.8 Å². The molecule has 2 aliphatic carbocycles. The molecule has 0 aromatic heterocycles. The fraction of sp³-hybridized carbons (Fsp3) is 0.696. The lowest BCUT2D eigenvalue weighted by Crippen LogP contribution is -2.35. The fourth-order valence-corrected chi connectivity index (χ4v) is 4.24. The zero-order valence-corrected chi connectivity index (χ0v) is 17.6. The van der Waals surface area contributed by atoms with E-state index in [1.54, 1.807) is 6.92 Å². The van der Waals surface area contributed by atoms with Crippen LogP contribution in [0.2, 0.25) is 0 Å². The number of allylic oxidation sites excluding steroid dienone is 4. The second-order valence-electron chi connectivity index (χ2n) is 8.91. The average Bonchev–Trinajstić information content (AvgIpc) is 2.57. The molecule has 0 heterocycles. The summed E-state index contributed by atoms with van der Waals surface area (Å²) in [4.78, 5) is 37.3. The summed E-state index contributed by atoms with van der Waals surface area (Å²) >= 11 is 0. The normalized spacial score (nSPS) is 26.7. The maximum Gasteiger partial charge on any atom is 0.306 e. The van der Waals surface area contributed by atoms with E-state index in [9.17, 15) is 14.4 Å². The molecule has 2 aliphatic rings. The highest BCUT2D eigenvalue weighted by Gasteiger charge is 2.34. The van der Waals surface area contributed by atoms with Crippen LogP contribution in [-0.2, 0) is 19.1 Å². The third kappa shape index (κ3) is 5.18. The van der Waals surface area contributed by atoms with E-state index in [-0.39, 0.29) is 42.4 Å². The van der Waals surface area contributed by atoms with Crippen LogP contribution in [0, 0.1) is 23.7 Å². The molecule has 0 unspecified atom stereocenters. The minimum atomic E-state index is -0.263. The fourth-order valence-electron chi connectivity index (χ4n) is 4.24. The van der Waals surface area contributed by atoms with Gasteiger partial charge in [-0.25, -0.2) is 0 Å². The quantitative estimate of drug-likeness (QED) is 0.494. The summed E-state index contributed by atoms with van der Waals surface area (Å²) in [6, 6.07) is 0. The molecule has 0 N–H and O–H groups in total. The van der Waals surface area contributed by atoms with Crippen molar-refractivity contribution in [2.75, 3.05) is 0 Å². The topological polar surface area (TPSA) is 60.4 Å². The molecule has 0 radical (unpaired) electrons. The number of carbonyl (C=O) groups is 3. The molecule has 2 rings (SSSR count). The molecule has 0 aliphatic heterocycles. The molecule has 0 saturated heterocycles. The van der Waals surface area contributed by atoms with Gasteiger partial charge in [-0.1, -0.05) is 41.0 Å². The number of rotatable bonds is 6. The van der Waals surface area contributed by atoms with Crippen LogP contribution in [0.5, 0.6) is 0 Å². The summed E-state index contributed by atoms with van der Waals surface area (Å²) in [5.74, 6) is 0.965. The van der Waals surface area contributed by atoms with E-state index in [4.69, 9.17) is 4.74 Å². The molecular weight excluding hydrogens is 340 g/mol. The molecule has 0 amide bonds. The molecule has 4 heteroatoms. The standard InChI is InChI=1S/C23H34O4/c1-13(2)17-8-7-15(5)11-21(17)27-22(25)10-9-18-16(6)20(24)12-19(14(3)4)23(18)26/h12-15,17,21H,7-11H2,1-6H3/t15-,17+,21-/m1/s1. The Morgan fingerprint density at radius 1 is 1.19 bits per heavy atom. The Kier molecular flexibility index (Phi) is 7.19. The van der Waals surface area contributed by atoms with Gasteiger partial charge in [0.05, 0.1) is 0 Å². The first-order valence-electron chi connectivity index (χ1n) is 10.3. The molecule has 0 bridgehead atoms. The minimum absolute atomic E-state index is 0.00738. The first-order chi connectivity index (χ1) is 12.6. The molecule has 4 nitrogen and oxygen atoms in total. The van der Waals surface area contributed by atoms with Crippen LogP contribution in [-0.4, -0.2) is 23.6 Å². The monoisotopic (exact) mass is 374 g/mol. The van der Waals surface area contributed by atoms with E-state index in [1.807, 2.05) is 13.8 Å². The van der Waals surface area contributed by atoms with Crippen LogP contribution in [0.15, 0.2) is 22.8 Å². The van der Waals surface area contributed by atoms with Gasteiger partial charge in [-0.05, 0) is 55.9 Å². The predicted octanol–water partition coefficient (Wildman–Crippen LogP) is 4.82. The van der Waals surface area contributed by atoms with Gasteiger partial charge < -0.3 is 4.74 Å². The first-order valence-corrected chi connectivity index (χ1v) is 10.3. The van der Waals surface area contributed by atoms with Crippen LogP contribution in [0.3, 0.4) is 0 Å². The molecular formula is C23H34O4. The van der Waals surface area contributed by atoms with E-state index in [2.05, 4.69) is 20.8 Å². The van der Waals surface area contributed by atoms with E-state index in [0.717, 1.165) is 12.8 Å². The third-order valence-corrected chi connectivity index (χ3v) is 6.09. The van der Waals surface area contributed by atoms with E-state index >= 15 is 0 Å².